The van der Waals surface area contributed by atoms with Crippen molar-refractivity contribution in [3.63, 3.8) is 0 Å². The van der Waals surface area contributed by atoms with Gasteiger partial charge in [0.1, 0.15) is 12.4 Å². The average Bonchev–Trinajstić information content (AvgIpc) is 2.67. The van der Waals surface area contributed by atoms with Crippen LogP contribution >= 0.6 is 11.6 Å². The van der Waals surface area contributed by atoms with Gasteiger partial charge in [-0.25, -0.2) is 4.79 Å². The molecule has 2 aromatic rings. The maximum absolute atomic E-state index is 11.1. The predicted molar refractivity (Wildman–Crippen MR) is 86.0 cm³/mol. The second kappa shape index (κ2) is 5.89. The summed E-state index contributed by atoms with van der Waals surface area (Å²) < 4.78 is 5.80. The van der Waals surface area contributed by atoms with Crippen molar-refractivity contribution < 1.29 is 14.6 Å². The maximum Gasteiger partial charge on any atom is 0.335 e. The Hall–Kier alpha value is -2.20. The number of carboxylic acids is 1. The number of carbonyl (C=O) groups is 1. The van der Waals surface area contributed by atoms with Crippen molar-refractivity contribution in [1.82, 2.24) is 0 Å². The molecular formula is C17H16ClNO3. The van der Waals surface area contributed by atoms with E-state index in [9.17, 15) is 4.79 Å². The molecule has 0 spiro atoms. The molecule has 5 heteroatoms. The Kier molecular flexibility index (Phi) is 3.94. The van der Waals surface area contributed by atoms with E-state index < -0.39 is 5.97 Å². The van der Waals surface area contributed by atoms with Crippen LogP contribution in [0.15, 0.2) is 42.5 Å². The molecule has 0 amide bonds. The predicted octanol–water partition coefficient (Wildman–Crippen LogP) is 3.83. The van der Waals surface area contributed by atoms with Crippen LogP contribution < -0.4 is 9.64 Å². The van der Waals surface area contributed by atoms with Gasteiger partial charge in [-0.05, 0) is 31.2 Å². The van der Waals surface area contributed by atoms with Crippen molar-refractivity contribution in [3.8, 4) is 5.75 Å². The lowest BCUT2D eigenvalue weighted by Crippen LogP contribution is -2.35. The van der Waals surface area contributed by atoms with Crippen molar-refractivity contribution in [3.05, 3.63) is 58.6 Å². The molecule has 0 fully saturated rings. The van der Waals surface area contributed by atoms with E-state index in [4.69, 9.17) is 21.4 Å². The van der Waals surface area contributed by atoms with Crippen LogP contribution in [-0.4, -0.2) is 23.7 Å². The van der Waals surface area contributed by atoms with Gasteiger partial charge in [0.2, 0.25) is 0 Å². The van der Waals surface area contributed by atoms with E-state index >= 15 is 0 Å². The monoisotopic (exact) mass is 317 g/mol. The number of hydrogen-bond donors (Lipinski definition) is 1. The summed E-state index contributed by atoms with van der Waals surface area (Å²) in [6.07, 6.45) is 0. The van der Waals surface area contributed by atoms with Crippen LogP contribution in [0.3, 0.4) is 0 Å². The topological polar surface area (TPSA) is 49.8 Å². The summed E-state index contributed by atoms with van der Waals surface area (Å²) in [6, 6.07) is 12.8. The highest BCUT2D eigenvalue weighted by Gasteiger charge is 2.24. The van der Waals surface area contributed by atoms with Gasteiger partial charge in [0.15, 0.2) is 0 Å². The van der Waals surface area contributed by atoms with E-state index in [1.807, 2.05) is 24.3 Å². The molecule has 1 unspecified atom stereocenters. The Balaban J connectivity index is 1.98. The van der Waals surface area contributed by atoms with E-state index in [1.54, 1.807) is 18.2 Å². The summed E-state index contributed by atoms with van der Waals surface area (Å²) in [5.74, 6) is -0.326. The maximum atomic E-state index is 11.1. The third kappa shape index (κ3) is 2.74. The van der Waals surface area contributed by atoms with Gasteiger partial charge in [0.05, 0.1) is 22.3 Å². The molecule has 22 heavy (non-hydrogen) atoms. The summed E-state index contributed by atoms with van der Waals surface area (Å²) in [7, 11) is 0. The summed E-state index contributed by atoms with van der Waals surface area (Å²) in [4.78, 5) is 13.3. The van der Waals surface area contributed by atoms with Gasteiger partial charge in [-0.15, -0.1) is 0 Å². The zero-order valence-electron chi connectivity index (χ0n) is 12.1. The number of hydrogen-bond acceptors (Lipinski definition) is 3. The molecule has 1 N–H and O–H groups in total. The molecule has 0 saturated carbocycles. The van der Waals surface area contributed by atoms with Gasteiger partial charge >= 0.3 is 5.97 Å². The molecule has 2 aromatic carbocycles. The fourth-order valence-electron chi connectivity index (χ4n) is 2.60. The van der Waals surface area contributed by atoms with E-state index in [-0.39, 0.29) is 11.6 Å². The molecular weight excluding hydrogens is 302 g/mol. The summed E-state index contributed by atoms with van der Waals surface area (Å²) in [5.41, 5.74) is 2.14. The molecule has 0 aliphatic carbocycles. The van der Waals surface area contributed by atoms with E-state index in [2.05, 4.69) is 11.8 Å². The van der Waals surface area contributed by atoms with Crippen molar-refractivity contribution in [2.75, 3.05) is 11.5 Å². The second-order valence-electron chi connectivity index (χ2n) is 5.37. The molecule has 1 aliphatic heterocycles. The number of benzene rings is 2. The molecule has 1 heterocycles. The lowest BCUT2D eigenvalue weighted by molar-refractivity contribution is 0.0696. The Morgan fingerprint density at radius 1 is 1.32 bits per heavy atom. The van der Waals surface area contributed by atoms with Crippen LogP contribution in [-0.2, 0) is 6.54 Å². The largest absolute Gasteiger partial charge is 0.491 e. The minimum absolute atomic E-state index is 0.126. The van der Waals surface area contributed by atoms with Gasteiger partial charge in [0.25, 0.3) is 0 Å². The van der Waals surface area contributed by atoms with Gasteiger partial charge in [0, 0.05) is 12.1 Å². The standard InChI is InChI=1S/C17H16ClNO3/c1-11-10-22-16-8-12(17(20)21)6-7-13(16)9-19(11)15-5-3-2-4-14(15)18/h2-8,11H,9-10H2,1H3,(H,20,21). The number of carboxylic acid groups (broad SMARTS) is 1. The van der Waals surface area contributed by atoms with E-state index in [0.29, 0.717) is 23.9 Å². The highest BCUT2D eigenvalue weighted by Crippen LogP contribution is 2.33. The van der Waals surface area contributed by atoms with Crippen LogP contribution in [0.4, 0.5) is 5.69 Å². The zero-order chi connectivity index (χ0) is 15.7. The Bertz CT molecular complexity index is 717. The molecule has 0 bridgehead atoms. The number of ether oxygens (including phenoxy) is 1. The molecule has 0 aromatic heterocycles. The first kappa shape index (κ1) is 14.7. The summed E-state index contributed by atoms with van der Waals surface area (Å²) in [5, 5.41) is 9.79. The van der Waals surface area contributed by atoms with Gasteiger partial charge < -0.3 is 14.7 Å². The lowest BCUT2D eigenvalue weighted by Gasteiger charge is -2.29. The Morgan fingerprint density at radius 3 is 2.82 bits per heavy atom. The van der Waals surface area contributed by atoms with Crippen LogP contribution in [0.5, 0.6) is 5.75 Å². The molecule has 114 valence electrons. The third-order valence-electron chi connectivity index (χ3n) is 3.83. The van der Waals surface area contributed by atoms with Crippen molar-refractivity contribution >= 4 is 23.3 Å². The van der Waals surface area contributed by atoms with Crippen LogP contribution in [0.2, 0.25) is 5.02 Å². The lowest BCUT2D eigenvalue weighted by atomic mass is 10.1. The first-order valence-electron chi connectivity index (χ1n) is 7.06. The Morgan fingerprint density at radius 2 is 2.09 bits per heavy atom. The highest BCUT2D eigenvalue weighted by atomic mass is 35.5. The van der Waals surface area contributed by atoms with Crippen LogP contribution in [0.25, 0.3) is 0 Å². The van der Waals surface area contributed by atoms with Crippen molar-refractivity contribution in [1.29, 1.82) is 0 Å². The smallest absolute Gasteiger partial charge is 0.335 e. The number of para-hydroxylation sites is 1. The highest BCUT2D eigenvalue weighted by molar-refractivity contribution is 6.33. The SMILES string of the molecule is CC1COc2cc(C(=O)O)ccc2CN1c1ccccc1Cl. The van der Waals surface area contributed by atoms with Crippen molar-refractivity contribution in [2.24, 2.45) is 0 Å². The number of aromatic carboxylic acids is 1. The normalized spacial score (nSPS) is 17.4. The number of halogens is 1. The minimum Gasteiger partial charge on any atom is -0.491 e. The quantitative estimate of drug-likeness (QED) is 0.914. The van der Waals surface area contributed by atoms with Gasteiger partial charge in [-0.2, -0.15) is 0 Å². The zero-order valence-corrected chi connectivity index (χ0v) is 12.9. The molecule has 0 radical (unpaired) electrons. The van der Waals surface area contributed by atoms with Gasteiger partial charge in [-0.3, -0.25) is 0 Å². The first-order chi connectivity index (χ1) is 10.6. The number of fused-ring (bicyclic) bond motifs is 1. The summed E-state index contributed by atoms with van der Waals surface area (Å²) in [6.45, 7) is 3.16. The number of rotatable bonds is 2. The molecule has 0 saturated heterocycles. The summed E-state index contributed by atoms with van der Waals surface area (Å²) >= 11 is 6.31. The minimum atomic E-state index is -0.952. The molecule has 1 aliphatic rings. The second-order valence-corrected chi connectivity index (χ2v) is 5.77. The number of anilines is 1. The fourth-order valence-corrected chi connectivity index (χ4v) is 2.84. The number of nitrogens with zero attached hydrogens (tertiary/aromatic N) is 1. The Labute approximate surface area is 133 Å². The fraction of sp³-hybridized carbons (Fsp3) is 0.235. The molecule has 4 nitrogen and oxygen atoms in total. The first-order valence-corrected chi connectivity index (χ1v) is 7.44. The van der Waals surface area contributed by atoms with E-state index in [0.717, 1.165) is 11.3 Å². The average molecular weight is 318 g/mol. The van der Waals surface area contributed by atoms with Crippen LogP contribution in [0, 0.1) is 0 Å². The van der Waals surface area contributed by atoms with Crippen LogP contribution in [0.1, 0.15) is 22.8 Å². The third-order valence-corrected chi connectivity index (χ3v) is 4.15. The van der Waals surface area contributed by atoms with Crippen molar-refractivity contribution in [2.45, 2.75) is 19.5 Å². The van der Waals surface area contributed by atoms with E-state index in [1.165, 1.54) is 0 Å². The van der Waals surface area contributed by atoms with Gasteiger partial charge in [-0.1, -0.05) is 29.8 Å². The molecule has 3 rings (SSSR count). The molecule has 1 atom stereocenters.